The summed E-state index contributed by atoms with van der Waals surface area (Å²) in [5.74, 6) is -0.395. The molecule has 2 heterocycles. The van der Waals surface area contributed by atoms with E-state index in [1.54, 1.807) is 12.1 Å². The second-order valence-electron chi connectivity index (χ2n) is 5.86. The van der Waals surface area contributed by atoms with Gasteiger partial charge >= 0.3 is 5.97 Å². The molecule has 0 bridgehead atoms. The Labute approximate surface area is 145 Å². The van der Waals surface area contributed by atoms with Gasteiger partial charge in [-0.15, -0.1) is 0 Å². The third-order valence-electron chi connectivity index (χ3n) is 3.91. The van der Waals surface area contributed by atoms with E-state index in [1.165, 1.54) is 7.11 Å². The Hall–Kier alpha value is -3.17. The lowest BCUT2D eigenvalue weighted by atomic mass is 10.1. The minimum atomic E-state index is -0.395. The number of carbonyl (C=O) groups is 1. The van der Waals surface area contributed by atoms with Crippen LogP contribution in [0.15, 0.2) is 48.8 Å². The van der Waals surface area contributed by atoms with E-state index in [1.807, 2.05) is 48.1 Å². The number of rotatable bonds is 5. The normalized spacial score (nSPS) is 10.8. The lowest BCUT2D eigenvalue weighted by Gasteiger charge is -2.15. The van der Waals surface area contributed by atoms with Crippen LogP contribution < -0.4 is 0 Å². The van der Waals surface area contributed by atoms with Gasteiger partial charge in [-0.2, -0.15) is 5.26 Å². The number of imidazole rings is 1. The van der Waals surface area contributed by atoms with Gasteiger partial charge in [-0.1, -0.05) is 12.1 Å². The Morgan fingerprint density at radius 1 is 1.28 bits per heavy atom. The molecule has 0 atom stereocenters. The van der Waals surface area contributed by atoms with Gasteiger partial charge in [-0.25, -0.2) is 9.78 Å². The molecule has 25 heavy (non-hydrogen) atoms. The highest BCUT2D eigenvalue weighted by Crippen LogP contribution is 2.14. The van der Waals surface area contributed by atoms with Gasteiger partial charge < -0.3 is 9.14 Å². The molecule has 0 aliphatic heterocycles. The van der Waals surface area contributed by atoms with Crippen molar-refractivity contribution in [3.63, 3.8) is 0 Å². The maximum atomic E-state index is 11.8. The lowest BCUT2D eigenvalue weighted by Crippen LogP contribution is -2.17. The Morgan fingerprint density at radius 3 is 2.72 bits per heavy atom. The number of fused-ring (bicyclic) bond motifs is 1. The number of benzene rings is 1. The smallest absolute Gasteiger partial charge is 0.341 e. The molecule has 0 saturated heterocycles. The molecule has 126 valence electrons. The third-order valence-corrected chi connectivity index (χ3v) is 3.91. The highest BCUT2D eigenvalue weighted by Gasteiger charge is 2.14. The number of pyridine rings is 1. The zero-order chi connectivity index (χ0) is 17.8. The van der Waals surface area contributed by atoms with Crippen LogP contribution in [0.3, 0.4) is 0 Å². The highest BCUT2D eigenvalue weighted by molar-refractivity contribution is 5.95. The van der Waals surface area contributed by atoms with Gasteiger partial charge in [-0.05, 0) is 36.9 Å². The summed E-state index contributed by atoms with van der Waals surface area (Å²) >= 11 is 0. The quantitative estimate of drug-likeness (QED) is 0.671. The van der Waals surface area contributed by atoms with Gasteiger partial charge in [0.2, 0.25) is 0 Å². The topological polar surface area (TPSA) is 70.6 Å². The molecule has 0 N–H and O–H groups in total. The number of methoxy groups -OCH3 is 1. The summed E-state index contributed by atoms with van der Waals surface area (Å²) in [6.45, 7) is 1.38. The molecule has 1 aromatic carbocycles. The summed E-state index contributed by atoms with van der Waals surface area (Å²) in [7, 11) is 3.37. The zero-order valence-corrected chi connectivity index (χ0v) is 14.1. The molecule has 0 aliphatic rings. The summed E-state index contributed by atoms with van der Waals surface area (Å²) in [5, 5.41) is 8.85. The second kappa shape index (κ2) is 7.16. The molecule has 2 aromatic heterocycles. The number of nitriles is 1. The summed E-state index contributed by atoms with van der Waals surface area (Å²) in [6, 6.07) is 13.2. The number of ether oxygens (including phenoxy) is 1. The van der Waals surface area contributed by atoms with Gasteiger partial charge in [0.15, 0.2) is 5.65 Å². The first-order chi connectivity index (χ1) is 12.1. The largest absolute Gasteiger partial charge is 0.465 e. The van der Waals surface area contributed by atoms with E-state index in [4.69, 9.17) is 10.00 Å². The van der Waals surface area contributed by atoms with Crippen molar-refractivity contribution in [2.24, 2.45) is 0 Å². The highest BCUT2D eigenvalue weighted by atomic mass is 16.5. The van der Waals surface area contributed by atoms with Crippen LogP contribution in [0.1, 0.15) is 27.2 Å². The molecule has 0 spiro atoms. The fourth-order valence-corrected chi connectivity index (χ4v) is 2.74. The minimum Gasteiger partial charge on any atom is -0.465 e. The molecular weight excluding hydrogens is 316 g/mol. The van der Waals surface area contributed by atoms with Crippen LogP contribution in [-0.4, -0.2) is 34.4 Å². The van der Waals surface area contributed by atoms with Crippen molar-refractivity contribution in [3.05, 3.63) is 71.2 Å². The number of aromatic nitrogens is 2. The van der Waals surface area contributed by atoms with E-state index in [-0.39, 0.29) is 0 Å². The first kappa shape index (κ1) is 16.7. The van der Waals surface area contributed by atoms with Crippen LogP contribution in [-0.2, 0) is 17.8 Å². The molecular formula is C19H18N4O2. The van der Waals surface area contributed by atoms with Gasteiger partial charge in [-0.3, -0.25) is 4.90 Å². The molecule has 6 heteroatoms. The predicted molar refractivity (Wildman–Crippen MR) is 92.9 cm³/mol. The molecule has 3 rings (SSSR count). The maximum Gasteiger partial charge on any atom is 0.341 e. The summed E-state index contributed by atoms with van der Waals surface area (Å²) in [5.41, 5.74) is 3.69. The summed E-state index contributed by atoms with van der Waals surface area (Å²) in [4.78, 5) is 18.5. The lowest BCUT2D eigenvalue weighted by molar-refractivity contribution is 0.0602. The number of hydrogen-bond acceptors (Lipinski definition) is 5. The van der Waals surface area contributed by atoms with Crippen LogP contribution in [0.25, 0.3) is 5.65 Å². The fraction of sp³-hybridized carbons (Fsp3) is 0.211. The minimum absolute atomic E-state index is 0.395. The Bertz CT molecular complexity index is 938. The van der Waals surface area contributed by atoms with Crippen LogP contribution in [0.5, 0.6) is 0 Å². The average Bonchev–Trinajstić information content (AvgIpc) is 3.03. The zero-order valence-electron chi connectivity index (χ0n) is 14.1. The van der Waals surface area contributed by atoms with E-state index in [0.717, 1.165) is 17.8 Å². The van der Waals surface area contributed by atoms with Crippen molar-refractivity contribution in [1.82, 2.24) is 14.3 Å². The maximum absolute atomic E-state index is 11.8. The average molecular weight is 334 g/mol. The first-order valence-electron chi connectivity index (χ1n) is 7.83. The van der Waals surface area contributed by atoms with E-state index in [9.17, 15) is 4.79 Å². The van der Waals surface area contributed by atoms with Crippen LogP contribution in [0, 0.1) is 11.3 Å². The molecule has 0 amide bonds. The van der Waals surface area contributed by atoms with Gasteiger partial charge in [0.05, 0.1) is 24.4 Å². The number of esters is 1. The number of hydrogen-bond donors (Lipinski definition) is 0. The Morgan fingerprint density at radius 2 is 2.04 bits per heavy atom. The molecule has 0 aliphatic carbocycles. The van der Waals surface area contributed by atoms with Crippen molar-refractivity contribution < 1.29 is 9.53 Å². The molecule has 0 unspecified atom stereocenters. The van der Waals surface area contributed by atoms with E-state index in [0.29, 0.717) is 23.3 Å². The number of nitrogens with zero attached hydrogens (tertiary/aromatic N) is 4. The summed E-state index contributed by atoms with van der Waals surface area (Å²) < 4.78 is 6.64. The summed E-state index contributed by atoms with van der Waals surface area (Å²) in [6.07, 6.45) is 3.77. The monoisotopic (exact) mass is 334 g/mol. The van der Waals surface area contributed by atoms with E-state index >= 15 is 0 Å². The van der Waals surface area contributed by atoms with Gasteiger partial charge in [0, 0.05) is 25.5 Å². The van der Waals surface area contributed by atoms with Crippen molar-refractivity contribution in [2.75, 3.05) is 14.2 Å². The molecule has 0 fully saturated rings. The van der Waals surface area contributed by atoms with Crippen molar-refractivity contribution in [2.45, 2.75) is 13.1 Å². The second-order valence-corrected chi connectivity index (χ2v) is 5.86. The third kappa shape index (κ3) is 3.67. The first-order valence-corrected chi connectivity index (χ1v) is 7.83. The van der Waals surface area contributed by atoms with Crippen molar-refractivity contribution in [3.8, 4) is 6.07 Å². The Kier molecular flexibility index (Phi) is 4.78. The SMILES string of the molecule is COC(=O)c1cccn2cc(CN(C)Cc3ccc(C#N)cc3)nc12. The van der Waals surface area contributed by atoms with Gasteiger partial charge in [0.1, 0.15) is 5.56 Å². The van der Waals surface area contributed by atoms with Crippen molar-refractivity contribution >= 4 is 11.6 Å². The standard InChI is InChI=1S/C19H18N4O2/c1-22(11-15-7-5-14(10-20)6-8-15)12-16-13-23-9-3-4-17(18(23)21-16)19(24)25-2/h3-9,13H,11-12H2,1-2H3. The van der Waals surface area contributed by atoms with Crippen LogP contribution >= 0.6 is 0 Å². The van der Waals surface area contributed by atoms with E-state index < -0.39 is 5.97 Å². The van der Waals surface area contributed by atoms with Crippen molar-refractivity contribution in [1.29, 1.82) is 5.26 Å². The molecule has 0 saturated carbocycles. The fourth-order valence-electron chi connectivity index (χ4n) is 2.74. The Balaban J connectivity index is 1.75. The molecule has 3 aromatic rings. The van der Waals surface area contributed by atoms with Crippen LogP contribution in [0.4, 0.5) is 0 Å². The van der Waals surface area contributed by atoms with E-state index in [2.05, 4.69) is 16.0 Å². The predicted octanol–water partition coefficient (Wildman–Crippen LogP) is 2.62. The molecule has 6 nitrogen and oxygen atoms in total. The van der Waals surface area contributed by atoms with Crippen LogP contribution in [0.2, 0.25) is 0 Å². The number of carbonyl (C=O) groups excluding carboxylic acids is 1. The van der Waals surface area contributed by atoms with Gasteiger partial charge in [0.25, 0.3) is 0 Å². The molecule has 0 radical (unpaired) electrons.